The number of hydrogen-bond donors (Lipinski definition) is 2. The Morgan fingerprint density at radius 3 is 1.04 bits per heavy atom. The van der Waals surface area contributed by atoms with Crippen LogP contribution in [0.25, 0.3) is 0 Å². The van der Waals surface area contributed by atoms with Crippen LogP contribution < -0.4 is 5.73 Å². The van der Waals surface area contributed by atoms with E-state index in [0.717, 1.165) is 57.8 Å². The molecular weight excluding hydrogens is 954 g/mol. The second kappa shape index (κ2) is 61.2. The maximum atomic E-state index is 12.7. The quantitative estimate of drug-likeness (QED) is 0.0264. The van der Waals surface area contributed by atoms with Gasteiger partial charge in [-0.2, -0.15) is 0 Å². The molecule has 9 nitrogen and oxygen atoms in total. The average Bonchev–Trinajstić information content (AvgIpc) is 3.40. The largest absolute Gasteiger partial charge is 0.472 e. The molecular formula is C65H122NO8P. The summed E-state index contributed by atoms with van der Waals surface area (Å²) in [7, 11) is -4.39. The second-order valence-corrected chi connectivity index (χ2v) is 23.1. The van der Waals surface area contributed by atoms with Crippen molar-refractivity contribution < 1.29 is 37.6 Å². The third kappa shape index (κ3) is 61.1. The van der Waals surface area contributed by atoms with Crippen LogP contribution in [0.3, 0.4) is 0 Å². The number of hydrogen-bond acceptors (Lipinski definition) is 8. The van der Waals surface area contributed by atoms with Crippen molar-refractivity contribution in [1.82, 2.24) is 0 Å². The summed E-state index contributed by atoms with van der Waals surface area (Å²) < 4.78 is 33.1. The van der Waals surface area contributed by atoms with Gasteiger partial charge in [0.15, 0.2) is 6.10 Å². The van der Waals surface area contributed by atoms with E-state index < -0.39 is 26.5 Å². The maximum Gasteiger partial charge on any atom is 0.472 e. The first kappa shape index (κ1) is 73.0. The number of allylic oxidation sites excluding steroid dienone is 8. The lowest BCUT2D eigenvalue weighted by Crippen LogP contribution is -2.29. The standard InChI is InChI=1S/C65H122NO8P/c1-3-5-7-9-11-13-15-17-19-21-23-25-27-28-29-30-31-32-33-34-36-37-39-41-43-45-47-49-51-53-55-57-64(67)71-61-63(62-73-75(69,70)72-60-59-66)74-65(68)58-56-54-52-50-48-46-44-42-40-38-35-26-24-22-20-18-16-14-12-10-8-6-4-2/h16,18,21-24,35,38,63H,3-15,17,19-20,25-34,36-37,39-62,66H2,1-2H3,(H,69,70)/b18-16-,23-21-,24-22-,38-35-. The third-order valence-electron chi connectivity index (χ3n) is 14.2. The van der Waals surface area contributed by atoms with Crippen LogP contribution in [-0.4, -0.2) is 49.3 Å². The lowest BCUT2D eigenvalue weighted by atomic mass is 10.0. The fourth-order valence-electron chi connectivity index (χ4n) is 9.41. The number of ether oxygens (including phenoxy) is 2. The van der Waals surface area contributed by atoms with E-state index in [1.165, 1.54) is 231 Å². The summed E-state index contributed by atoms with van der Waals surface area (Å²) in [6.45, 7) is 3.77. The predicted octanol–water partition coefficient (Wildman–Crippen LogP) is 20.5. The van der Waals surface area contributed by atoms with Crippen molar-refractivity contribution in [3.8, 4) is 0 Å². The maximum absolute atomic E-state index is 12.7. The minimum Gasteiger partial charge on any atom is -0.462 e. The Morgan fingerprint density at radius 1 is 0.400 bits per heavy atom. The van der Waals surface area contributed by atoms with Gasteiger partial charge in [0.1, 0.15) is 6.61 Å². The Morgan fingerprint density at radius 2 is 0.693 bits per heavy atom. The minimum atomic E-state index is -4.39. The van der Waals surface area contributed by atoms with Gasteiger partial charge >= 0.3 is 19.8 Å². The number of phosphoric ester groups is 1. The van der Waals surface area contributed by atoms with E-state index >= 15 is 0 Å². The van der Waals surface area contributed by atoms with Gasteiger partial charge in [0.05, 0.1) is 13.2 Å². The first-order chi connectivity index (χ1) is 36.8. The Kier molecular flexibility index (Phi) is 59.5. The molecule has 0 saturated heterocycles. The molecule has 0 aromatic heterocycles. The molecule has 0 radical (unpaired) electrons. The molecule has 0 heterocycles. The highest BCUT2D eigenvalue weighted by Gasteiger charge is 2.26. The lowest BCUT2D eigenvalue weighted by Gasteiger charge is -2.19. The molecule has 0 aromatic rings. The van der Waals surface area contributed by atoms with Gasteiger partial charge in [-0.15, -0.1) is 0 Å². The van der Waals surface area contributed by atoms with E-state index in [-0.39, 0.29) is 38.6 Å². The molecule has 0 aliphatic carbocycles. The average molecular weight is 1080 g/mol. The van der Waals surface area contributed by atoms with Gasteiger partial charge < -0.3 is 20.1 Å². The SMILES string of the molecule is CCCCCCC/C=C\C/C=C\C/C=C\CCCCCCCCCCC(=O)OC(COC(=O)CCCCCCCCCCCCCCCCCCCCC/C=C\CCCCCCCCCC)COP(=O)(O)OCCN. The molecule has 0 aliphatic heterocycles. The molecule has 3 N–H and O–H groups in total. The van der Waals surface area contributed by atoms with Crippen LogP contribution in [0, 0.1) is 0 Å². The van der Waals surface area contributed by atoms with Crippen molar-refractivity contribution in [1.29, 1.82) is 0 Å². The van der Waals surface area contributed by atoms with E-state index in [1.54, 1.807) is 0 Å². The number of carbonyl (C=O) groups excluding carboxylic acids is 2. The zero-order valence-electron chi connectivity index (χ0n) is 49.3. The predicted molar refractivity (Wildman–Crippen MR) is 321 cm³/mol. The van der Waals surface area contributed by atoms with Crippen LogP contribution in [-0.2, 0) is 32.7 Å². The van der Waals surface area contributed by atoms with Crippen LogP contribution in [0.2, 0.25) is 0 Å². The summed E-state index contributed by atoms with van der Waals surface area (Å²) in [5.41, 5.74) is 5.39. The monoisotopic (exact) mass is 1080 g/mol. The van der Waals surface area contributed by atoms with Crippen LogP contribution in [0.4, 0.5) is 0 Å². The van der Waals surface area contributed by atoms with Crippen molar-refractivity contribution >= 4 is 19.8 Å². The molecule has 0 amide bonds. The van der Waals surface area contributed by atoms with E-state index in [2.05, 4.69) is 62.5 Å². The Labute approximate surface area is 464 Å². The van der Waals surface area contributed by atoms with Gasteiger partial charge in [-0.05, 0) is 77.0 Å². The van der Waals surface area contributed by atoms with E-state index in [4.69, 9.17) is 24.3 Å². The van der Waals surface area contributed by atoms with Crippen LogP contribution >= 0.6 is 7.82 Å². The highest BCUT2D eigenvalue weighted by molar-refractivity contribution is 7.47. The molecule has 0 fully saturated rings. The molecule has 2 atom stereocenters. The first-order valence-electron chi connectivity index (χ1n) is 32.1. The lowest BCUT2D eigenvalue weighted by molar-refractivity contribution is -0.161. The van der Waals surface area contributed by atoms with Crippen LogP contribution in [0.5, 0.6) is 0 Å². The molecule has 0 aromatic carbocycles. The first-order valence-corrected chi connectivity index (χ1v) is 33.6. The summed E-state index contributed by atoms with van der Waals surface area (Å²) in [4.78, 5) is 35.3. The highest BCUT2D eigenvalue weighted by atomic mass is 31.2. The molecule has 75 heavy (non-hydrogen) atoms. The summed E-state index contributed by atoms with van der Waals surface area (Å²) in [5, 5.41) is 0. The van der Waals surface area contributed by atoms with Crippen molar-refractivity contribution in [3.63, 3.8) is 0 Å². The van der Waals surface area contributed by atoms with Crippen molar-refractivity contribution in [2.45, 2.75) is 328 Å². The molecule has 440 valence electrons. The fourth-order valence-corrected chi connectivity index (χ4v) is 10.2. The highest BCUT2D eigenvalue weighted by Crippen LogP contribution is 2.43. The zero-order valence-corrected chi connectivity index (χ0v) is 50.2. The number of unbranched alkanes of at least 4 members (excludes halogenated alkanes) is 40. The fraction of sp³-hybridized carbons (Fsp3) is 0.846. The molecule has 0 rings (SSSR count). The van der Waals surface area contributed by atoms with Crippen LogP contribution in [0.15, 0.2) is 48.6 Å². The van der Waals surface area contributed by atoms with Gasteiger partial charge in [-0.25, -0.2) is 4.57 Å². The van der Waals surface area contributed by atoms with Crippen molar-refractivity contribution in [3.05, 3.63) is 48.6 Å². The van der Waals surface area contributed by atoms with E-state index in [1.807, 2.05) is 0 Å². The van der Waals surface area contributed by atoms with Crippen molar-refractivity contribution in [2.75, 3.05) is 26.4 Å². The summed E-state index contributed by atoms with van der Waals surface area (Å²) in [6, 6.07) is 0. The Hall–Kier alpha value is -2.03. The summed E-state index contributed by atoms with van der Waals surface area (Å²) in [5.74, 6) is -0.822. The van der Waals surface area contributed by atoms with Gasteiger partial charge in [-0.1, -0.05) is 281 Å². The Balaban J connectivity index is 3.89. The molecule has 10 heteroatoms. The van der Waals surface area contributed by atoms with Gasteiger partial charge in [0.25, 0.3) is 0 Å². The number of phosphoric acid groups is 1. The third-order valence-corrected chi connectivity index (χ3v) is 15.2. The number of carbonyl (C=O) groups is 2. The van der Waals surface area contributed by atoms with E-state index in [0.29, 0.717) is 6.42 Å². The summed E-state index contributed by atoms with van der Waals surface area (Å²) in [6.07, 6.45) is 76.2. The molecule has 0 aliphatic rings. The smallest absolute Gasteiger partial charge is 0.462 e. The van der Waals surface area contributed by atoms with Crippen molar-refractivity contribution in [2.24, 2.45) is 5.73 Å². The number of esters is 2. The van der Waals surface area contributed by atoms with E-state index in [9.17, 15) is 19.0 Å². The zero-order chi connectivity index (χ0) is 54.5. The molecule has 0 spiro atoms. The topological polar surface area (TPSA) is 134 Å². The van der Waals surface area contributed by atoms with Gasteiger partial charge in [0.2, 0.25) is 0 Å². The van der Waals surface area contributed by atoms with Gasteiger partial charge in [0, 0.05) is 19.4 Å². The minimum absolute atomic E-state index is 0.0522. The van der Waals surface area contributed by atoms with Crippen LogP contribution in [0.1, 0.15) is 322 Å². The normalized spacial score (nSPS) is 13.3. The molecule has 0 saturated carbocycles. The van der Waals surface area contributed by atoms with Gasteiger partial charge in [-0.3, -0.25) is 18.6 Å². The summed E-state index contributed by atoms with van der Waals surface area (Å²) >= 11 is 0. The number of rotatable bonds is 61. The molecule has 0 bridgehead atoms. The second-order valence-electron chi connectivity index (χ2n) is 21.6. The Bertz CT molecular complexity index is 1370. The molecule has 2 unspecified atom stereocenters. The number of nitrogens with two attached hydrogens (primary N) is 1.